The van der Waals surface area contributed by atoms with Gasteiger partial charge in [0, 0.05) is 23.5 Å². The summed E-state index contributed by atoms with van der Waals surface area (Å²) in [5.74, 6) is -3.66. The second kappa shape index (κ2) is 13.5. The Morgan fingerprint density at radius 1 is 1.00 bits per heavy atom. The third-order valence-corrected chi connectivity index (χ3v) is 6.59. The second-order valence-corrected chi connectivity index (χ2v) is 9.94. The predicted octanol–water partition coefficient (Wildman–Crippen LogP) is 4.47. The lowest BCUT2D eigenvalue weighted by atomic mass is 10.1. The number of esters is 1. The molecule has 0 aliphatic carbocycles. The van der Waals surface area contributed by atoms with Gasteiger partial charge in [-0.25, -0.2) is 33.5 Å². The molecule has 0 fully saturated rings. The fourth-order valence-electron chi connectivity index (χ4n) is 4.36. The van der Waals surface area contributed by atoms with Crippen molar-refractivity contribution in [3.63, 3.8) is 0 Å². The predicted molar refractivity (Wildman–Crippen MR) is 150 cm³/mol. The number of ether oxygens (including phenoxy) is 2. The van der Waals surface area contributed by atoms with E-state index in [1.54, 1.807) is 0 Å². The molecule has 2 aliphatic heterocycles. The lowest BCUT2D eigenvalue weighted by Crippen LogP contribution is -2.29. The molecule has 0 bridgehead atoms. The van der Waals surface area contributed by atoms with E-state index in [0.29, 0.717) is 6.42 Å². The third-order valence-electron chi connectivity index (χ3n) is 6.59. The van der Waals surface area contributed by atoms with Gasteiger partial charge in [0.1, 0.15) is 29.8 Å². The standard InChI is InChI=1S/C30H25F5N6O5/c1-2-8-45-18-6-7-19(21(9-18)30(33,34)35)27-36-10-16(11-37-27)26(29(44)46-15-17(43)14-42)41-13-24-23(12-38-41)39-28(40-24)20-4-3-5-22(31)25(20)32/h3-7,9-13,17,26,42-43H,2,8,14-15H2,1H3. The smallest absolute Gasteiger partial charge is 0.417 e. The fourth-order valence-corrected chi connectivity index (χ4v) is 4.36. The quantitative estimate of drug-likeness (QED) is 0.156. The molecule has 2 aromatic carbocycles. The van der Waals surface area contributed by atoms with Crippen LogP contribution in [0.25, 0.3) is 34.2 Å². The van der Waals surface area contributed by atoms with Crippen molar-refractivity contribution in [3.05, 3.63) is 83.9 Å². The van der Waals surface area contributed by atoms with Crippen LogP contribution in [0.3, 0.4) is 0 Å². The van der Waals surface area contributed by atoms with Crippen molar-refractivity contribution in [1.29, 1.82) is 0 Å². The third kappa shape index (κ3) is 6.92. The molecule has 0 spiro atoms. The molecule has 3 heterocycles. The first-order valence-corrected chi connectivity index (χ1v) is 13.8. The van der Waals surface area contributed by atoms with Crippen molar-refractivity contribution < 1.29 is 46.4 Å². The average Bonchev–Trinajstić information content (AvgIpc) is 3.47. The van der Waals surface area contributed by atoms with Gasteiger partial charge in [-0.1, -0.05) is 13.0 Å². The van der Waals surface area contributed by atoms with Gasteiger partial charge in [0.05, 0.1) is 36.7 Å². The molecule has 11 nitrogen and oxygen atoms in total. The zero-order valence-corrected chi connectivity index (χ0v) is 23.9. The van der Waals surface area contributed by atoms with Gasteiger partial charge in [0.25, 0.3) is 0 Å². The number of carbonyl (C=O) groups excluding carboxylic acids is 1. The number of nitrogens with zero attached hydrogens (tertiary/aromatic N) is 6. The topological polar surface area (TPSA) is 145 Å². The van der Waals surface area contributed by atoms with Crippen LogP contribution in [0.2, 0.25) is 0 Å². The van der Waals surface area contributed by atoms with Gasteiger partial charge in [-0.2, -0.15) is 18.3 Å². The SMILES string of the molecule is CCCOc1ccc(-c2ncc(C(C(=O)OCC(O)CO)n3cc4nc(-c5cccc(F)c5F)nc-4cn3)cn2)c(C(F)(F)F)c1. The Morgan fingerprint density at radius 2 is 1.74 bits per heavy atom. The van der Waals surface area contributed by atoms with Gasteiger partial charge >= 0.3 is 12.1 Å². The Morgan fingerprint density at radius 3 is 2.43 bits per heavy atom. The van der Waals surface area contributed by atoms with E-state index in [-0.39, 0.29) is 52.1 Å². The van der Waals surface area contributed by atoms with Crippen LogP contribution in [0.1, 0.15) is 30.5 Å². The number of aliphatic hydroxyl groups excluding tert-OH is 2. The van der Waals surface area contributed by atoms with Gasteiger partial charge in [-0.15, -0.1) is 0 Å². The molecule has 2 N–H and O–H groups in total. The monoisotopic (exact) mass is 644 g/mol. The summed E-state index contributed by atoms with van der Waals surface area (Å²) in [4.78, 5) is 29.8. The number of hydrogen-bond donors (Lipinski definition) is 2. The zero-order chi connectivity index (χ0) is 33.0. The Hall–Kier alpha value is -5.09. The lowest BCUT2D eigenvalue weighted by molar-refractivity contribution is -0.150. The first kappa shape index (κ1) is 32.3. The van der Waals surface area contributed by atoms with Crippen LogP contribution < -0.4 is 4.74 Å². The Labute approximate surface area is 257 Å². The number of aliphatic hydroxyl groups is 2. The summed E-state index contributed by atoms with van der Waals surface area (Å²) in [6.07, 6.45) is -0.852. The highest BCUT2D eigenvalue weighted by molar-refractivity contribution is 5.78. The van der Waals surface area contributed by atoms with Crippen molar-refractivity contribution in [2.24, 2.45) is 0 Å². The van der Waals surface area contributed by atoms with E-state index >= 15 is 0 Å². The molecule has 0 amide bonds. The van der Waals surface area contributed by atoms with E-state index in [1.807, 2.05) is 6.92 Å². The second-order valence-electron chi connectivity index (χ2n) is 9.94. The molecule has 2 unspecified atom stereocenters. The summed E-state index contributed by atoms with van der Waals surface area (Å²) in [7, 11) is 0. The Kier molecular flexibility index (Phi) is 9.48. The van der Waals surface area contributed by atoms with Crippen LogP contribution >= 0.6 is 0 Å². The number of carbonyl (C=O) groups is 1. The average molecular weight is 645 g/mol. The number of aromatic nitrogens is 6. The van der Waals surface area contributed by atoms with Gasteiger partial charge in [-0.3, -0.25) is 4.68 Å². The molecule has 5 rings (SSSR count). The minimum atomic E-state index is -4.76. The van der Waals surface area contributed by atoms with E-state index < -0.39 is 54.7 Å². The summed E-state index contributed by atoms with van der Waals surface area (Å²) >= 11 is 0. The van der Waals surface area contributed by atoms with Crippen LogP contribution in [-0.4, -0.2) is 71.8 Å². The van der Waals surface area contributed by atoms with Gasteiger partial charge in [0.15, 0.2) is 29.3 Å². The maximum Gasteiger partial charge on any atom is 0.417 e. The highest BCUT2D eigenvalue weighted by Gasteiger charge is 2.35. The summed E-state index contributed by atoms with van der Waals surface area (Å²) < 4.78 is 81.6. The van der Waals surface area contributed by atoms with E-state index in [2.05, 4.69) is 25.0 Å². The van der Waals surface area contributed by atoms with Gasteiger partial charge in [-0.05, 0) is 36.8 Å². The molecular weight excluding hydrogens is 619 g/mol. The largest absolute Gasteiger partial charge is 0.494 e. The van der Waals surface area contributed by atoms with E-state index in [4.69, 9.17) is 14.6 Å². The molecule has 0 saturated carbocycles. The number of fused-ring (bicyclic) bond motifs is 1. The number of rotatable bonds is 11. The van der Waals surface area contributed by atoms with Crippen molar-refractivity contribution in [2.45, 2.75) is 31.7 Å². The van der Waals surface area contributed by atoms with Crippen LogP contribution in [0, 0.1) is 11.6 Å². The number of halogens is 5. The molecule has 240 valence electrons. The number of alkyl halides is 3. The Bertz CT molecular complexity index is 1800. The highest BCUT2D eigenvalue weighted by Crippen LogP contribution is 2.38. The van der Waals surface area contributed by atoms with Crippen molar-refractivity contribution >= 4 is 5.97 Å². The fraction of sp³-hybridized carbons (Fsp3) is 0.267. The number of hydrogen-bond acceptors (Lipinski definition) is 10. The zero-order valence-electron chi connectivity index (χ0n) is 23.9. The summed E-state index contributed by atoms with van der Waals surface area (Å²) in [5, 5.41) is 23.0. The Balaban J connectivity index is 1.53. The van der Waals surface area contributed by atoms with Gasteiger partial charge < -0.3 is 19.7 Å². The minimum absolute atomic E-state index is 0.0245. The molecule has 0 saturated heterocycles. The summed E-state index contributed by atoms with van der Waals surface area (Å²) in [6, 6.07) is 5.46. The first-order valence-electron chi connectivity index (χ1n) is 13.8. The van der Waals surface area contributed by atoms with Gasteiger partial charge in [0.2, 0.25) is 0 Å². The molecule has 0 radical (unpaired) electrons. The van der Waals surface area contributed by atoms with Crippen LogP contribution in [0.15, 0.2) is 61.2 Å². The van der Waals surface area contributed by atoms with Crippen LogP contribution in [0.4, 0.5) is 22.0 Å². The molecule has 16 heteroatoms. The maximum absolute atomic E-state index is 14.4. The lowest BCUT2D eigenvalue weighted by Gasteiger charge is -2.20. The van der Waals surface area contributed by atoms with E-state index in [9.17, 15) is 31.9 Å². The first-order chi connectivity index (χ1) is 22.0. The van der Waals surface area contributed by atoms with Crippen molar-refractivity contribution in [3.8, 4) is 39.9 Å². The summed E-state index contributed by atoms with van der Waals surface area (Å²) in [6.45, 7) is 0.760. The van der Waals surface area contributed by atoms with E-state index in [0.717, 1.165) is 29.2 Å². The van der Waals surface area contributed by atoms with E-state index in [1.165, 1.54) is 36.7 Å². The summed E-state index contributed by atoms with van der Waals surface area (Å²) in [5.41, 5.74) is -1.23. The molecule has 3 aromatic rings. The van der Waals surface area contributed by atoms with Crippen molar-refractivity contribution in [1.82, 2.24) is 29.7 Å². The normalized spacial score (nSPS) is 13.0. The highest BCUT2D eigenvalue weighted by atomic mass is 19.4. The molecule has 46 heavy (non-hydrogen) atoms. The molecule has 2 aliphatic rings. The molecular formula is C30H25F5N6O5. The minimum Gasteiger partial charge on any atom is -0.494 e. The molecule has 2 atom stereocenters. The van der Waals surface area contributed by atoms with Crippen LogP contribution in [-0.2, 0) is 15.7 Å². The van der Waals surface area contributed by atoms with Crippen molar-refractivity contribution in [2.75, 3.05) is 19.8 Å². The van der Waals surface area contributed by atoms with Crippen LogP contribution in [0.5, 0.6) is 5.75 Å². The number of imidazole rings is 1. The molecule has 1 aromatic heterocycles. The maximum atomic E-state index is 14.4. The number of benzene rings is 2.